The third kappa shape index (κ3) is 6.27. The van der Waals surface area contributed by atoms with Gasteiger partial charge in [0.15, 0.2) is 6.61 Å². The van der Waals surface area contributed by atoms with E-state index < -0.39 is 0 Å². The van der Waals surface area contributed by atoms with Crippen LogP contribution in [0.4, 0.5) is 0 Å². The van der Waals surface area contributed by atoms with Gasteiger partial charge in [0, 0.05) is 16.7 Å². The summed E-state index contributed by atoms with van der Waals surface area (Å²) in [6, 6.07) is 27.1. The Bertz CT molecular complexity index is 1260. The van der Waals surface area contributed by atoms with Gasteiger partial charge in [-0.15, -0.1) is 0 Å². The van der Waals surface area contributed by atoms with E-state index in [4.69, 9.17) is 25.5 Å². The van der Waals surface area contributed by atoms with Gasteiger partial charge in [-0.25, -0.2) is 4.98 Å². The van der Waals surface area contributed by atoms with Crippen molar-refractivity contribution in [3.8, 4) is 17.2 Å². The van der Waals surface area contributed by atoms with Crippen molar-refractivity contribution >= 4 is 16.7 Å². The van der Waals surface area contributed by atoms with Gasteiger partial charge in [-0.3, -0.25) is 11.3 Å². The van der Waals surface area contributed by atoms with Crippen molar-refractivity contribution < 1.29 is 19.6 Å². The Hall–Kier alpha value is -4.46. The summed E-state index contributed by atoms with van der Waals surface area (Å²) < 4.78 is 17.3. The number of amidine groups is 1. The lowest BCUT2D eigenvalue weighted by atomic mass is 10.2. The van der Waals surface area contributed by atoms with E-state index in [0.717, 1.165) is 27.9 Å². The molecule has 0 fully saturated rings. The van der Waals surface area contributed by atoms with Gasteiger partial charge in [-0.2, -0.15) is 0 Å². The van der Waals surface area contributed by atoms with Crippen molar-refractivity contribution in [2.75, 3.05) is 6.61 Å². The summed E-state index contributed by atoms with van der Waals surface area (Å²) in [5.74, 6) is 7.24. The summed E-state index contributed by atoms with van der Waals surface area (Å²) in [6.07, 6.45) is 0. The fraction of sp³-hybridized carbons (Fsp3) is 0.120. The van der Waals surface area contributed by atoms with E-state index in [2.05, 4.69) is 21.4 Å². The molecule has 0 spiro atoms. The van der Waals surface area contributed by atoms with Crippen molar-refractivity contribution in [2.24, 2.45) is 16.2 Å². The highest BCUT2D eigenvalue weighted by atomic mass is 16.5. The summed E-state index contributed by atoms with van der Waals surface area (Å²) in [4.78, 5) is 4.64. The van der Waals surface area contributed by atoms with Crippen LogP contribution in [-0.2, 0) is 13.2 Å². The average molecular weight is 442 g/mol. The maximum atomic E-state index is 5.92. The van der Waals surface area contributed by atoms with Crippen LogP contribution in [0.25, 0.3) is 10.9 Å². The SMILES string of the molecule is NN=NC(=[NH2+])COc1ccc(COc2cccc(OCc3ccc4ccccc4n3)c2)cc1. The largest absolute Gasteiger partial charge is 0.489 e. The molecule has 1 heterocycles. The van der Waals surface area contributed by atoms with Gasteiger partial charge in [0.1, 0.15) is 30.5 Å². The lowest BCUT2D eigenvalue weighted by molar-refractivity contribution is -0.120. The van der Waals surface area contributed by atoms with Gasteiger partial charge >= 0.3 is 5.84 Å². The Morgan fingerprint density at radius 1 is 0.788 bits per heavy atom. The smallest absolute Gasteiger partial charge is 0.357 e. The van der Waals surface area contributed by atoms with E-state index in [1.165, 1.54) is 0 Å². The monoisotopic (exact) mass is 442 g/mol. The normalized spacial score (nSPS) is 10.9. The zero-order valence-corrected chi connectivity index (χ0v) is 17.9. The Balaban J connectivity index is 1.29. The average Bonchev–Trinajstić information content (AvgIpc) is 2.86. The molecular weight excluding hydrogens is 418 g/mol. The highest BCUT2D eigenvalue weighted by Gasteiger charge is 2.06. The summed E-state index contributed by atoms with van der Waals surface area (Å²) in [7, 11) is 0. The van der Waals surface area contributed by atoms with Crippen LogP contribution in [0.1, 0.15) is 11.3 Å². The first-order valence-corrected chi connectivity index (χ1v) is 10.3. The molecule has 0 aliphatic carbocycles. The lowest BCUT2D eigenvalue weighted by Gasteiger charge is -2.10. The molecule has 0 aliphatic heterocycles. The Morgan fingerprint density at radius 2 is 1.55 bits per heavy atom. The van der Waals surface area contributed by atoms with E-state index in [1.807, 2.05) is 78.9 Å². The molecule has 0 bridgehead atoms. The summed E-state index contributed by atoms with van der Waals surface area (Å²) in [5, 5.41) is 13.3. The molecule has 4 aromatic rings. The first-order valence-electron chi connectivity index (χ1n) is 10.3. The topological polar surface area (TPSA) is 117 Å². The van der Waals surface area contributed by atoms with Crippen LogP contribution in [0.15, 0.2) is 95.3 Å². The van der Waals surface area contributed by atoms with Crippen molar-refractivity contribution in [2.45, 2.75) is 13.2 Å². The van der Waals surface area contributed by atoms with Crippen LogP contribution in [0, 0.1) is 0 Å². The minimum Gasteiger partial charge on any atom is -0.489 e. The molecule has 8 nitrogen and oxygen atoms in total. The van der Waals surface area contributed by atoms with Crippen LogP contribution >= 0.6 is 0 Å². The van der Waals surface area contributed by atoms with Crippen LogP contribution in [0.5, 0.6) is 17.2 Å². The second-order valence-corrected chi connectivity index (χ2v) is 7.19. The molecule has 0 saturated heterocycles. The second kappa shape index (κ2) is 10.7. The highest BCUT2D eigenvalue weighted by Crippen LogP contribution is 2.22. The Morgan fingerprint density at radius 3 is 2.33 bits per heavy atom. The molecule has 0 atom stereocenters. The van der Waals surface area contributed by atoms with Gasteiger partial charge in [0.2, 0.25) is 0 Å². The highest BCUT2D eigenvalue weighted by molar-refractivity contribution is 5.78. The molecule has 33 heavy (non-hydrogen) atoms. The quantitative estimate of drug-likeness (QED) is 0.136. The molecule has 1 aromatic heterocycles. The standard InChI is InChI=1S/C25H23N5O3/c26-25(29-30-27)17-33-21-12-8-18(9-13-21)15-31-22-5-3-6-23(14-22)32-16-20-11-10-19-4-1-2-7-24(19)28-20/h1-14H,15-17H2,(H3,26,27,29)/p+1. The first kappa shape index (κ1) is 21.8. The van der Waals surface area contributed by atoms with E-state index in [0.29, 0.717) is 24.7 Å². The van der Waals surface area contributed by atoms with Gasteiger partial charge < -0.3 is 14.2 Å². The van der Waals surface area contributed by atoms with Crippen LogP contribution < -0.4 is 25.5 Å². The molecule has 3 aromatic carbocycles. The molecule has 4 rings (SSSR count). The van der Waals surface area contributed by atoms with Gasteiger partial charge in [-0.05, 0) is 42.0 Å². The van der Waals surface area contributed by atoms with E-state index in [-0.39, 0.29) is 12.4 Å². The third-order valence-electron chi connectivity index (χ3n) is 4.75. The molecule has 0 radical (unpaired) electrons. The zero-order valence-electron chi connectivity index (χ0n) is 17.9. The molecule has 0 amide bonds. The minimum absolute atomic E-state index is 0.109. The summed E-state index contributed by atoms with van der Waals surface area (Å²) >= 11 is 0. The number of benzene rings is 3. The van der Waals surface area contributed by atoms with Crippen molar-refractivity contribution in [1.82, 2.24) is 4.98 Å². The first-order chi connectivity index (χ1) is 16.2. The molecule has 8 heteroatoms. The number of hydrogen-bond acceptors (Lipinski definition) is 5. The number of pyridine rings is 1. The molecule has 166 valence electrons. The fourth-order valence-corrected chi connectivity index (χ4v) is 3.11. The number of nitrogens with two attached hydrogens (primary N) is 2. The maximum absolute atomic E-state index is 5.92. The van der Waals surface area contributed by atoms with Crippen LogP contribution in [0.2, 0.25) is 0 Å². The molecule has 0 unspecified atom stereocenters. The van der Waals surface area contributed by atoms with E-state index in [9.17, 15) is 0 Å². The van der Waals surface area contributed by atoms with Gasteiger partial charge in [0.25, 0.3) is 0 Å². The Kier molecular flexibility index (Phi) is 7.07. The van der Waals surface area contributed by atoms with E-state index in [1.54, 1.807) is 0 Å². The molecule has 4 N–H and O–H groups in total. The maximum Gasteiger partial charge on any atom is 0.357 e. The number of hydrogen-bond donors (Lipinski definition) is 2. The fourth-order valence-electron chi connectivity index (χ4n) is 3.11. The van der Waals surface area contributed by atoms with Crippen LogP contribution in [-0.4, -0.2) is 17.4 Å². The molecule has 0 saturated carbocycles. The molecular formula is C25H24N5O3+. The minimum atomic E-state index is 0.109. The second-order valence-electron chi connectivity index (χ2n) is 7.19. The predicted molar refractivity (Wildman–Crippen MR) is 125 cm³/mol. The van der Waals surface area contributed by atoms with Crippen molar-refractivity contribution in [3.05, 3.63) is 96.2 Å². The van der Waals surface area contributed by atoms with Gasteiger partial charge in [0.05, 0.1) is 16.3 Å². The predicted octanol–water partition coefficient (Wildman–Crippen LogP) is 3.26. The van der Waals surface area contributed by atoms with E-state index >= 15 is 0 Å². The lowest BCUT2D eigenvalue weighted by Crippen LogP contribution is -2.41. The number of aromatic nitrogens is 1. The number of ether oxygens (including phenoxy) is 3. The third-order valence-corrected chi connectivity index (χ3v) is 4.75. The van der Waals surface area contributed by atoms with Gasteiger partial charge in [-0.1, -0.05) is 42.5 Å². The number of para-hydroxylation sites is 1. The zero-order chi connectivity index (χ0) is 22.9. The Labute approximate surface area is 191 Å². The van der Waals surface area contributed by atoms with Crippen molar-refractivity contribution in [1.29, 1.82) is 0 Å². The molecule has 0 aliphatic rings. The van der Waals surface area contributed by atoms with Crippen molar-refractivity contribution in [3.63, 3.8) is 0 Å². The summed E-state index contributed by atoms with van der Waals surface area (Å²) in [6.45, 7) is 0.897. The number of rotatable bonds is 9. The number of nitrogens with zero attached hydrogens (tertiary/aromatic N) is 3. The number of fused-ring (bicyclic) bond motifs is 1. The summed E-state index contributed by atoms with van der Waals surface area (Å²) in [5.41, 5.74) is 2.81. The van der Waals surface area contributed by atoms with Crippen LogP contribution in [0.3, 0.4) is 0 Å².